The first-order valence-corrected chi connectivity index (χ1v) is 10.8. The van der Waals surface area contributed by atoms with Gasteiger partial charge in [0, 0.05) is 22.5 Å². The number of nitrogens with one attached hydrogen (secondary N) is 3. The van der Waals surface area contributed by atoms with E-state index in [4.69, 9.17) is 17.3 Å². The van der Waals surface area contributed by atoms with E-state index in [9.17, 15) is 9.59 Å². The molecule has 2 aromatic heterocycles. The quantitative estimate of drug-likeness (QED) is 0.532. The Balaban J connectivity index is 1.44. The Labute approximate surface area is 179 Å². The van der Waals surface area contributed by atoms with Crippen LogP contribution in [0.4, 0.5) is 5.82 Å². The maximum atomic E-state index is 12.5. The fourth-order valence-corrected chi connectivity index (χ4v) is 4.61. The second kappa shape index (κ2) is 9.56. The van der Waals surface area contributed by atoms with Gasteiger partial charge in [0.2, 0.25) is 11.8 Å². The van der Waals surface area contributed by atoms with Crippen molar-refractivity contribution in [2.45, 2.75) is 45.3 Å². The molecule has 1 unspecified atom stereocenters. The van der Waals surface area contributed by atoms with E-state index in [1.54, 1.807) is 24.3 Å². The average molecular weight is 436 g/mol. The van der Waals surface area contributed by atoms with Gasteiger partial charge in [-0.25, -0.2) is 4.98 Å². The fraction of sp³-hybridized carbons (Fsp3) is 0.450. The number of amides is 2. The summed E-state index contributed by atoms with van der Waals surface area (Å²) in [5.74, 6) is 0.440. The van der Waals surface area contributed by atoms with Crippen LogP contribution in [0, 0.1) is 12.8 Å². The van der Waals surface area contributed by atoms with Gasteiger partial charge in [-0.15, -0.1) is 11.3 Å². The van der Waals surface area contributed by atoms with Crippen LogP contribution in [0.25, 0.3) is 0 Å². The molecule has 3 heterocycles. The van der Waals surface area contributed by atoms with E-state index >= 15 is 0 Å². The van der Waals surface area contributed by atoms with Gasteiger partial charge in [-0.3, -0.25) is 9.59 Å². The minimum atomic E-state index is -0.624. The largest absolute Gasteiger partial charge is 0.384 e. The standard InChI is InChI=1S/C20H26ClN5O2S/c1-11-14(3-4-18(22)25-11)9-24-19(27)12(2)26-20(28)17-6-13(8-23-17)5-16-7-15(21)10-29-16/h3-4,7,10,12-13,17,23H,5-6,8-9H2,1-2H3,(H2,22,25)(H,24,27)(H,26,28)/t12?,13-,17+/m0/s1. The van der Waals surface area contributed by atoms with E-state index in [1.165, 1.54) is 4.88 Å². The Kier molecular flexibility index (Phi) is 7.10. The molecular formula is C20H26ClN5O2S. The monoisotopic (exact) mass is 435 g/mol. The molecule has 9 heteroatoms. The summed E-state index contributed by atoms with van der Waals surface area (Å²) < 4.78 is 0. The minimum absolute atomic E-state index is 0.148. The molecule has 29 heavy (non-hydrogen) atoms. The third-order valence-electron chi connectivity index (χ3n) is 5.07. The molecule has 1 aliphatic rings. The zero-order valence-electron chi connectivity index (χ0n) is 16.5. The fourth-order valence-electron chi connectivity index (χ4n) is 3.42. The molecule has 0 spiro atoms. The summed E-state index contributed by atoms with van der Waals surface area (Å²) in [6, 6.07) is 4.61. The summed E-state index contributed by atoms with van der Waals surface area (Å²) in [7, 11) is 0. The molecule has 7 nitrogen and oxygen atoms in total. The summed E-state index contributed by atoms with van der Waals surface area (Å²) in [6.07, 6.45) is 1.64. The van der Waals surface area contributed by atoms with Gasteiger partial charge in [-0.05, 0) is 56.8 Å². The summed E-state index contributed by atoms with van der Waals surface area (Å²) in [6.45, 7) is 4.64. The lowest BCUT2D eigenvalue weighted by molar-refractivity contribution is -0.129. The number of rotatable bonds is 7. The van der Waals surface area contributed by atoms with Crippen LogP contribution in [0.2, 0.25) is 5.02 Å². The predicted molar refractivity (Wildman–Crippen MR) is 116 cm³/mol. The van der Waals surface area contributed by atoms with Crippen LogP contribution in [0.3, 0.4) is 0 Å². The van der Waals surface area contributed by atoms with E-state index in [2.05, 4.69) is 20.9 Å². The SMILES string of the molecule is Cc1nc(N)ccc1CNC(=O)C(C)NC(=O)[C@H]1C[C@H](Cc2cc(Cl)cs2)CN1. The Morgan fingerprint density at radius 1 is 1.45 bits per heavy atom. The number of carbonyl (C=O) groups is 2. The van der Waals surface area contributed by atoms with Crippen molar-refractivity contribution in [2.75, 3.05) is 12.3 Å². The third-order valence-corrected chi connectivity index (χ3v) is 6.38. The molecule has 0 aromatic carbocycles. The van der Waals surface area contributed by atoms with Gasteiger partial charge in [0.25, 0.3) is 0 Å². The molecule has 1 aliphatic heterocycles. The predicted octanol–water partition coefficient (Wildman–Crippen LogP) is 2.03. The van der Waals surface area contributed by atoms with Gasteiger partial charge >= 0.3 is 0 Å². The molecule has 0 bridgehead atoms. The van der Waals surface area contributed by atoms with Crippen LogP contribution in [0.5, 0.6) is 0 Å². The number of pyridine rings is 1. The van der Waals surface area contributed by atoms with Crippen LogP contribution in [-0.4, -0.2) is 35.4 Å². The number of hydrogen-bond donors (Lipinski definition) is 4. The maximum Gasteiger partial charge on any atom is 0.242 e. The Morgan fingerprint density at radius 3 is 2.93 bits per heavy atom. The van der Waals surface area contributed by atoms with Gasteiger partial charge in [0.1, 0.15) is 11.9 Å². The van der Waals surface area contributed by atoms with Crippen LogP contribution < -0.4 is 21.7 Å². The van der Waals surface area contributed by atoms with Crippen molar-refractivity contribution >= 4 is 40.6 Å². The molecule has 2 aromatic rings. The highest BCUT2D eigenvalue weighted by Crippen LogP contribution is 2.25. The third kappa shape index (κ3) is 5.91. The van der Waals surface area contributed by atoms with Gasteiger partial charge < -0.3 is 21.7 Å². The van der Waals surface area contributed by atoms with Crippen molar-refractivity contribution in [1.82, 2.24) is 20.9 Å². The first-order chi connectivity index (χ1) is 13.8. The van der Waals surface area contributed by atoms with Crippen molar-refractivity contribution in [3.05, 3.63) is 44.7 Å². The highest BCUT2D eigenvalue weighted by molar-refractivity contribution is 7.10. The number of carbonyl (C=O) groups excluding carboxylic acids is 2. The molecule has 1 saturated heterocycles. The Bertz CT molecular complexity index is 888. The molecule has 3 atom stereocenters. The van der Waals surface area contributed by atoms with Crippen LogP contribution in [0.1, 0.15) is 29.5 Å². The average Bonchev–Trinajstić information content (AvgIpc) is 3.30. The van der Waals surface area contributed by atoms with E-state index in [0.717, 1.165) is 35.7 Å². The van der Waals surface area contributed by atoms with Gasteiger partial charge in [0.05, 0.1) is 11.1 Å². The second-order valence-electron chi connectivity index (χ2n) is 7.43. The van der Waals surface area contributed by atoms with Crippen LogP contribution in [-0.2, 0) is 22.6 Å². The maximum absolute atomic E-state index is 12.5. The van der Waals surface area contributed by atoms with Crippen molar-refractivity contribution in [3.63, 3.8) is 0 Å². The van der Waals surface area contributed by atoms with Gasteiger partial charge in [-0.1, -0.05) is 17.7 Å². The summed E-state index contributed by atoms with van der Waals surface area (Å²) in [5.41, 5.74) is 7.31. The Hall–Kier alpha value is -2.16. The first-order valence-electron chi connectivity index (χ1n) is 9.58. The number of nitrogen functional groups attached to an aromatic ring is 1. The molecule has 5 N–H and O–H groups in total. The number of anilines is 1. The van der Waals surface area contributed by atoms with Crippen molar-refractivity contribution in [1.29, 1.82) is 0 Å². The van der Waals surface area contributed by atoms with E-state index in [1.807, 2.05) is 24.4 Å². The lowest BCUT2D eigenvalue weighted by atomic mass is 10.0. The lowest BCUT2D eigenvalue weighted by Crippen LogP contribution is -2.50. The van der Waals surface area contributed by atoms with Crippen LogP contribution in [0.15, 0.2) is 23.6 Å². The van der Waals surface area contributed by atoms with Crippen molar-refractivity contribution < 1.29 is 9.59 Å². The molecule has 1 fully saturated rings. The molecule has 156 valence electrons. The number of nitrogens with two attached hydrogens (primary N) is 1. The highest BCUT2D eigenvalue weighted by Gasteiger charge is 2.31. The van der Waals surface area contributed by atoms with Gasteiger partial charge in [0.15, 0.2) is 0 Å². The summed E-state index contributed by atoms with van der Waals surface area (Å²) in [5, 5.41) is 11.6. The summed E-state index contributed by atoms with van der Waals surface area (Å²) in [4.78, 5) is 30.3. The molecule has 2 amide bonds. The topological polar surface area (TPSA) is 109 Å². The molecule has 3 rings (SSSR count). The number of nitrogens with zero attached hydrogens (tertiary/aromatic N) is 1. The highest BCUT2D eigenvalue weighted by atomic mass is 35.5. The molecular weight excluding hydrogens is 410 g/mol. The second-order valence-corrected chi connectivity index (χ2v) is 8.86. The smallest absolute Gasteiger partial charge is 0.242 e. The zero-order chi connectivity index (χ0) is 21.0. The molecule has 0 saturated carbocycles. The number of halogens is 1. The normalized spacial score (nSPS) is 19.7. The van der Waals surface area contributed by atoms with Gasteiger partial charge in [-0.2, -0.15) is 0 Å². The molecule has 0 aliphatic carbocycles. The van der Waals surface area contributed by atoms with E-state index in [0.29, 0.717) is 18.3 Å². The minimum Gasteiger partial charge on any atom is -0.384 e. The summed E-state index contributed by atoms with van der Waals surface area (Å²) >= 11 is 7.62. The van der Waals surface area contributed by atoms with Crippen molar-refractivity contribution in [2.24, 2.45) is 5.92 Å². The zero-order valence-corrected chi connectivity index (χ0v) is 18.1. The number of hydrogen-bond acceptors (Lipinski definition) is 6. The number of thiophene rings is 1. The number of aryl methyl sites for hydroxylation is 1. The Morgan fingerprint density at radius 2 is 2.24 bits per heavy atom. The van der Waals surface area contributed by atoms with Crippen molar-refractivity contribution in [3.8, 4) is 0 Å². The molecule has 0 radical (unpaired) electrons. The first kappa shape index (κ1) is 21.5. The van der Waals surface area contributed by atoms with E-state index in [-0.39, 0.29) is 17.9 Å². The van der Waals surface area contributed by atoms with Crippen LogP contribution >= 0.6 is 22.9 Å². The van der Waals surface area contributed by atoms with E-state index < -0.39 is 6.04 Å². The number of aromatic nitrogens is 1. The lowest BCUT2D eigenvalue weighted by Gasteiger charge is -2.17.